The van der Waals surface area contributed by atoms with Gasteiger partial charge in [-0.05, 0) is 49.1 Å². The zero-order valence-electron chi connectivity index (χ0n) is 17.7. The summed E-state index contributed by atoms with van der Waals surface area (Å²) in [5.74, 6) is 0.597. The molecule has 2 N–H and O–H groups in total. The quantitative estimate of drug-likeness (QED) is 0.786. The maximum Gasteiger partial charge on any atom is 0.269 e. The Hall–Kier alpha value is -3.13. The van der Waals surface area contributed by atoms with Crippen LogP contribution in [0.2, 0.25) is 0 Å². The summed E-state index contributed by atoms with van der Waals surface area (Å²) in [5.41, 5.74) is 2.78. The summed E-state index contributed by atoms with van der Waals surface area (Å²) in [6.45, 7) is 4.49. The molecule has 0 bridgehead atoms. The summed E-state index contributed by atoms with van der Waals surface area (Å²) in [5, 5.41) is 5.64. The maximum atomic E-state index is 12.4. The number of carbonyl (C=O) groups excluding carboxylic acids is 2. The Morgan fingerprint density at radius 1 is 1.19 bits per heavy atom. The van der Waals surface area contributed by atoms with Gasteiger partial charge in [0, 0.05) is 39.8 Å². The van der Waals surface area contributed by atoms with Crippen LogP contribution in [0.25, 0.3) is 0 Å². The van der Waals surface area contributed by atoms with Gasteiger partial charge < -0.3 is 20.3 Å². The van der Waals surface area contributed by atoms with Crippen molar-refractivity contribution in [3.05, 3.63) is 47.8 Å². The van der Waals surface area contributed by atoms with Crippen molar-refractivity contribution in [1.82, 2.24) is 15.2 Å². The van der Waals surface area contributed by atoms with Gasteiger partial charge in [0.2, 0.25) is 0 Å². The summed E-state index contributed by atoms with van der Waals surface area (Å²) >= 11 is 0. The molecule has 3 aliphatic rings. The van der Waals surface area contributed by atoms with Gasteiger partial charge in [0.15, 0.2) is 5.60 Å². The van der Waals surface area contributed by atoms with E-state index in [1.807, 2.05) is 18.2 Å². The van der Waals surface area contributed by atoms with E-state index in [2.05, 4.69) is 31.5 Å². The van der Waals surface area contributed by atoms with E-state index in [1.165, 1.54) is 0 Å². The first kappa shape index (κ1) is 19.8. The molecule has 0 atom stereocenters. The lowest BCUT2D eigenvalue weighted by atomic mass is 9.78. The second-order valence-corrected chi connectivity index (χ2v) is 8.48. The molecule has 2 aliphatic heterocycles. The minimum atomic E-state index is -0.627. The van der Waals surface area contributed by atoms with Crippen LogP contribution >= 0.6 is 0 Å². The number of piperazine rings is 1. The number of fused-ring (bicyclic) bond motifs is 1. The van der Waals surface area contributed by atoms with Crippen LogP contribution in [-0.2, 0) is 11.3 Å². The first-order valence-corrected chi connectivity index (χ1v) is 10.9. The van der Waals surface area contributed by atoms with Gasteiger partial charge in [0.1, 0.15) is 11.4 Å². The van der Waals surface area contributed by atoms with Crippen LogP contribution in [0, 0.1) is 0 Å². The molecule has 1 aliphatic carbocycles. The largest absolute Gasteiger partial charge is 0.475 e. The molecule has 0 radical (unpaired) electrons. The Morgan fingerprint density at radius 2 is 2.00 bits per heavy atom. The van der Waals surface area contributed by atoms with Gasteiger partial charge in [-0.3, -0.25) is 14.5 Å². The molecule has 1 aromatic heterocycles. The van der Waals surface area contributed by atoms with Crippen LogP contribution in [-0.4, -0.2) is 60.5 Å². The molecule has 2 aromatic rings. The number of nitrogens with zero attached hydrogens (tertiary/aromatic N) is 3. The molecule has 5 rings (SSSR count). The molecule has 2 amide bonds. The zero-order chi connectivity index (χ0) is 21.4. The van der Waals surface area contributed by atoms with Crippen molar-refractivity contribution in [2.24, 2.45) is 0 Å². The fourth-order valence-corrected chi connectivity index (χ4v) is 4.44. The number of hydrogen-bond acceptors (Lipinski definition) is 6. The second kappa shape index (κ2) is 7.85. The Morgan fingerprint density at radius 3 is 2.65 bits per heavy atom. The number of carbonyl (C=O) groups is 2. The molecular weight excluding hydrogens is 394 g/mol. The summed E-state index contributed by atoms with van der Waals surface area (Å²) in [4.78, 5) is 33.0. The lowest BCUT2D eigenvalue weighted by Crippen LogP contribution is -2.55. The van der Waals surface area contributed by atoms with Gasteiger partial charge in [-0.1, -0.05) is 6.07 Å². The summed E-state index contributed by atoms with van der Waals surface area (Å²) in [6, 6.07) is 9.83. The number of rotatable bonds is 4. The third kappa shape index (κ3) is 3.72. The number of pyridine rings is 1. The smallest absolute Gasteiger partial charge is 0.269 e. The average Bonchev–Trinajstić information content (AvgIpc) is 2.77. The van der Waals surface area contributed by atoms with Crippen molar-refractivity contribution < 1.29 is 14.3 Å². The van der Waals surface area contributed by atoms with Crippen molar-refractivity contribution >= 4 is 23.2 Å². The summed E-state index contributed by atoms with van der Waals surface area (Å²) in [7, 11) is 1.60. The van der Waals surface area contributed by atoms with E-state index in [0.717, 1.165) is 74.7 Å². The number of nitrogens with one attached hydrogen (secondary N) is 2. The van der Waals surface area contributed by atoms with Gasteiger partial charge in [-0.15, -0.1) is 0 Å². The highest BCUT2D eigenvalue weighted by molar-refractivity contribution is 6.01. The molecule has 0 unspecified atom stereocenters. The predicted octanol–water partition coefficient (Wildman–Crippen LogP) is 2.02. The van der Waals surface area contributed by atoms with Gasteiger partial charge in [-0.2, -0.15) is 0 Å². The Kier molecular flexibility index (Phi) is 5.02. The average molecular weight is 422 g/mol. The molecule has 1 aromatic carbocycles. The minimum Gasteiger partial charge on any atom is -0.475 e. The summed E-state index contributed by atoms with van der Waals surface area (Å²) < 4.78 is 6.04. The van der Waals surface area contributed by atoms with E-state index in [-0.39, 0.29) is 11.8 Å². The summed E-state index contributed by atoms with van der Waals surface area (Å²) in [6.07, 6.45) is 4.41. The number of benzene rings is 1. The highest BCUT2D eigenvalue weighted by Gasteiger charge is 2.49. The molecule has 31 heavy (non-hydrogen) atoms. The normalized spacial score (nSPS) is 19.8. The van der Waals surface area contributed by atoms with Crippen molar-refractivity contribution in [2.75, 3.05) is 43.4 Å². The number of hydrogen-bond donors (Lipinski definition) is 2. The number of ether oxygens (including phenoxy) is 1. The fourth-order valence-electron chi connectivity index (χ4n) is 4.44. The Bertz CT molecular complexity index is 995. The van der Waals surface area contributed by atoms with Crippen molar-refractivity contribution in [2.45, 2.75) is 31.4 Å². The number of aromatic nitrogens is 1. The van der Waals surface area contributed by atoms with Crippen LogP contribution in [0.4, 0.5) is 11.4 Å². The van der Waals surface area contributed by atoms with Crippen LogP contribution in [0.1, 0.15) is 35.3 Å². The predicted molar refractivity (Wildman–Crippen MR) is 117 cm³/mol. The molecule has 1 saturated carbocycles. The van der Waals surface area contributed by atoms with Gasteiger partial charge >= 0.3 is 0 Å². The molecule has 162 valence electrons. The third-order valence-electron chi connectivity index (χ3n) is 6.52. The number of amides is 2. The van der Waals surface area contributed by atoms with Crippen LogP contribution in [0.5, 0.6) is 5.75 Å². The van der Waals surface area contributed by atoms with Gasteiger partial charge in [0.05, 0.1) is 17.6 Å². The van der Waals surface area contributed by atoms with E-state index >= 15 is 0 Å². The highest BCUT2D eigenvalue weighted by atomic mass is 16.5. The Labute approximate surface area is 181 Å². The first-order valence-electron chi connectivity index (χ1n) is 10.9. The van der Waals surface area contributed by atoms with Crippen LogP contribution in [0.15, 0.2) is 36.5 Å². The topological polar surface area (TPSA) is 86.8 Å². The first-order chi connectivity index (χ1) is 15.1. The minimum absolute atomic E-state index is 0.00643. The molecule has 2 fully saturated rings. The fraction of sp³-hybridized carbons (Fsp3) is 0.435. The molecule has 1 spiro atoms. The Balaban J connectivity index is 1.18. The second-order valence-electron chi connectivity index (χ2n) is 8.48. The maximum absolute atomic E-state index is 12.4. The monoisotopic (exact) mass is 421 g/mol. The van der Waals surface area contributed by atoms with Crippen LogP contribution in [0.3, 0.4) is 0 Å². The van der Waals surface area contributed by atoms with Crippen LogP contribution < -0.4 is 20.3 Å². The highest BCUT2D eigenvalue weighted by Crippen LogP contribution is 2.43. The van der Waals surface area contributed by atoms with E-state index in [0.29, 0.717) is 5.69 Å². The van der Waals surface area contributed by atoms with Gasteiger partial charge in [-0.25, -0.2) is 4.98 Å². The molecule has 3 heterocycles. The van der Waals surface area contributed by atoms with E-state index in [9.17, 15) is 9.59 Å². The number of anilines is 2. The van der Waals surface area contributed by atoms with E-state index < -0.39 is 5.60 Å². The van der Waals surface area contributed by atoms with Crippen molar-refractivity contribution in [3.63, 3.8) is 0 Å². The van der Waals surface area contributed by atoms with Crippen molar-refractivity contribution in [1.29, 1.82) is 0 Å². The molecule has 8 nitrogen and oxygen atoms in total. The zero-order valence-corrected chi connectivity index (χ0v) is 17.7. The molecule has 1 saturated heterocycles. The molecule has 8 heteroatoms. The van der Waals surface area contributed by atoms with E-state index in [4.69, 9.17) is 4.74 Å². The lowest BCUT2D eigenvalue weighted by molar-refractivity contribution is -0.139. The standard InChI is InChI=1S/C23H27N5O3/c1-24-21(29)18-5-4-17(14-25-18)28-11-9-27(10-12-28)15-16-3-6-20-19(13-16)26-22(30)23(31-20)7-2-8-23/h3-6,13-14H,2,7-12,15H2,1H3,(H,24,29)(H,26,30). The lowest BCUT2D eigenvalue weighted by Gasteiger charge is -2.43. The van der Waals surface area contributed by atoms with Gasteiger partial charge in [0.25, 0.3) is 11.8 Å². The van der Waals surface area contributed by atoms with Crippen molar-refractivity contribution in [3.8, 4) is 5.75 Å². The SMILES string of the molecule is CNC(=O)c1ccc(N2CCN(Cc3ccc4c(c3)NC(=O)C3(CCC3)O4)CC2)cn1. The third-order valence-corrected chi connectivity index (χ3v) is 6.52. The molecular formula is C23H27N5O3. The van der Waals surface area contributed by atoms with E-state index in [1.54, 1.807) is 19.3 Å².